The smallest absolute Gasteiger partial charge is 0.197 e. The van der Waals surface area contributed by atoms with Crippen molar-refractivity contribution in [3.63, 3.8) is 0 Å². The molecule has 0 bridgehead atoms. The van der Waals surface area contributed by atoms with Crippen LogP contribution in [-0.4, -0.2) is 35.3 Å². The zero-order valence-corrected chi connectivity index (χ0v) is 9.85. The summed E-state index contributed by atoms with van der Waals surface area (Å²) in [6, 6.07) is 1.21. The molecule has 2 N–H and O–H groups in total. The number of carbonyl (C=O) groups is 1. The first kappa shape index (κ1) is 12.9. The maximum Gasteiger partial charge on any atom is 0.197 e. The lowest BCUT2D eigenvalue weighted by molar-refractivity contribution is 0.0924. The van der Waals surface area contributed by atoms with Gasteiger partial charge in [-0.05, 0) is 18.9 Å². The van der Waals surface area contributed by atoms with Gasteiger partial charge in [-0.2, -0.15) is 5.10 Å². The Balaban J connectivity index is 2.67. The van der Waals surface area contributed by atoms with Crippen molar-refractivity contribution in [2.24, 2.45) is 5.73 Å². The van der Waals surface area contributed by atoms with E-state index in [0.29, 0.717) is 18.7 Å². The van der Waals surface area contributed by atoms with Crippen molar-refractivity contribution in [3.8, 4) is 0 Å². The Labute approximate surface area is 95.6 Å². The number of nitrogens with zero attached hydrogens (tertiary/aromatic N) is 2. The summed E-state index contributed by atoms with van der Waals surface area (Å²) in [5.41, 5.74) is 6.38. The molecule has 0 amide bonds. The second kappa shape index (κ2) is 6.40. The third-order valence-corrected chi connectivity index (χ3v) is 2.37. The third kappa shape index (κ3) is 3.15. The first-order valence-corrected chi connectivity index (χ1v) is 5.51. The molecular formula is C11H19N3O2. The van der Waals surface area contributed by atoms with Gasteiger partial charge < -0.3 is 10.5 Å². The summed E-state index contributed by atoms with van der Waals surface area (Å²) in [7, 11) is 1.60. The van der Waals surface area contributed by atoms with Gasteiger partial charge in [0.25, 0.3) is 0 Å². The van der Waals surface area contributed by atoms with Crippen LogP contribution >= 0.6 is 0 Å². The fourth-order valence-electron chi connectivity index (χ4n) is 1.50. The van der Waals surface area contributed by atoms with Crippen LogP contribution < -0.4 is 5.73 Å². The Kier molecular flexibility index (Phi) is 5.14. The highest BCUT2D eigenvalue weighted by Gasteiger charge is 2.18. The SMILES string of the molecule is CCCn1nccc1C(=O)C(N)CCOC. The fourth-order valence-corrected chi connectivity index (χ4v) is 1.50. The van der Waals surface area contributed by atoms with E-state index in [9.17, 15) is 4.79 Å². The van der Waals surface area contributed by atoms with Gasteiger partial charge in [0.1, 0.15) is 5.69 Å². The summed E-state index contributed by atoms with van der Waals surface area (Å²) >= 11 is 0. The Morgan fingerprint density at radius 3 is 3.06 bits per heavy atom. The molecule has 0 saturated heterocycles. The molecule has 5 nitrogen and oxygen atoms in total. The van der Waals surface area contributed by atoms with Gasteiger partial charge in [0.15, 0.2) is 5.78 Å². The Morgan fingerprint density at radius 1 is 1.69 bits per heavy atom. The molecule has 1 atom stereocenters. The number of ketones is 1. The van der Waals surface area contributed by atoms with Crippen molar-refractivity contribution in [1.29, 1.82) is 0 Å². The quantitative estimate of drug-likeness (QED) is 0.698. The summed E-state index contributed by atoms with van der Waals surface area (Å²) in [6.07, 6.45) is 3.11. The molecule has 16 heavy (non-hydrogen) atoms. The molecule has 1 unspecified atom stereocenters. The topological polar surface area (TPSA) is 70.1 Å². The summed E-state index contributed by atoms with van der Waals surface area (Å²) in [5.74, 6) is -0.0667. The van der Waals surface area contributed by atoms with E-state index < -0.39 is 6.04 Å². The zero-order chi connectivity index (χ0) is 12.0. The number of carbonyl (C=O) groups excluding carboxylic acids is 1. The summed E-state index contributed by atoms with van der Waals surface area (Å²) in [6.45, 7) is 3.28. The van der Waals surface area contributed by atoms with Crippen molar-refractivity contribution in [3.05, 3.63) is 18.0 Å². The fraction of sp³-hybridized carbons (Fsp3) is 0.636. The molecule has 90 valence electrons. The maximum absolute atomic E-state index is 12.0. The molecule has 0 aromatic carbocycles. The molecule has 1 heterocycles. The normalized spacial score (nSPS) is 12.7. The molecule has 0 aliphatic heterocycles. The van der Waals surface area contributed by atoms with Gasteiger partial charge in [-0.3, -0.25) is 9.48 Å². The maximum atomic E-state index is 12.0. The van der Waals surface area contributed by atoms with Gasteiger partial charge in [0.2, 0.25) is 0 Å². The van der Waals surface area contributed by atoms with E-state index in [0.717, 1.165) is 13.0 Å². The number of aryl methyl sites for hydroxylation is 1. The number of nitrogens with two attached hydrogens (primary N) is 1. The number of hydrogen-bond acceptors (Lipinski definition) is 4. The predicted octanol–water partition coefficient (Wildman–Crippen LogP) is 0.840. The van der Waals surface area contributed by atoms with Crippen LogP contribution in [0.5, 0.6) is 0 Å². The number of rotatable bonds is 7. The highest BCUT2D eigenvalue weighted by molar-refractivity contribution is 5.98. The van der Waals surface area contributed by atoms with Gasteiger partial charge in [0.05, 0.1) is 6.04 Å². The number of aromatic nitrogens is 2. The largest absolute Gasteiger partial charge is 0.385 e. The molecule has 0 saturated carbocycles. The number of ether oxygens (including phenoxy) is 1. The molecule has 0 radical (unpaired) electrons. The van der Waals surface area contributed by atoms with Crippen LogP contribution in [0.25, 0.3) is 0 Å². The van der Waals surface area contributed by atoms with E-state index in [1.165, 1.54) is 0 Å². The molecular weight excluding hydrogens is 206 g/mol. The first-order valence-electron chi connectivity index (χ1n) is 5.51. The molecule has 1 rings (SSSR count). The second-order valence-corrected chi connectivity index (χ2v) is 3.69. The Hall–Kier alpha value is -1.20. The summed E-state index contributed by atoms with van der Waals surface area (Å²) < 4.78 is 6.61. The number of hydrogen-bond donors (Lipinski definition) is 1. The van der Waals surface area contributed by atoms with E-state index in [2.05, 4.69) is 5.10 Å². The van der Waals surface area contributed by atoms with Crippen LogP contribution in [0.15, 0.2) is 12.3 Å². The van der Waals surface area contributed by atoms with Crippen LogP contribution in [0.3, 0.4) is 0 Å². The van der Waals surface area contributed by atoms with Crippen LogP contribution in [0, 0.1) is 0 Å². The molecule has 0 aliphatic rings. The lowest BCUT2D eigenvalue weighted by atomic mass is 10.1. The monoisotopic (exact) mass is 225 g/mol. The van der Waals surface area contributed by atoms with Gasteiger partial charge in [-0.15, -0.1) is 0 Å². The lowest BCUT2D eigenvalue weighted by Gasteiger charge is -2.11. The highest BCUT2D eigenvalue weighted by atomic mass is 16.5. The highest BCUT2D eigenvalue weighted by Crippen LogP contribution is 2.05. The van der Waals surface area contributed by atoms with Gasteiger partial charge in [0, 0.05) is 26.5 Å². The summed E-state index contributed by atoms with van der Waals surface area (Å²) in [4.78, 5) is 12.0. The van der Waals surface area contributed by atoms with E-state index in [4.69, 9.17) is 10.5 Å². The van der Waals surface area contributed by atoms with Crippen molar-refractivity contribution in [2.75, 3.05) is 13.7 Å². The first-order chi connectivity index (χ1) is 7.70. The van der Waals surface area contributed by atoms with Crippen LogP contribution in [0.1, 0.15) is 30.3 Å². The Bertz CT molecular complexity index is 336. The standard InChI is InChI=1S/C11H19N3O2/c1-3-7-14-10(4-6-13-14)11(15)9(12)5-8-16-2/h4,6,9H,3,5,7-8,12H2,1-2H3. The minimum atomic E-state index is -0.507. The van der Waals surface area contributed by atoms with Crippen LogP contribution in [0.4, 0.5) is 0 Å². The lowest BCUT2D eigenvalue weighted by Crippen LogP contribution is -2.33. The van der Waals surface area contributed by atoms with E-state index in [1.807, 2.05) is 6.92 Å². The summed E-state index contributed by atoms with van der Waals surface area (Å²) in [5, 5.41) is 4.10. The van der Waals surface area contributed by atoms with Crippen molar-refractivity contribution >= 4 is 5.78 Å². The number of methoxy groups -OCH3 is 1. The Morgan fingerprint density at radius 2 is 2.44 bits per heavy atom. The minimum Gasteiger partial charge on any atom is -0.385 e. The van der Waals surface area contributed by atoms with E-state index >= 15 is 0 Å². The average molecular weight is 225 g/mol. The number of Topliss-reactive ketones (excluding diaryl/α,β-unsaturated/α-hetero) is 1. The minimum absolute atomic E-state index is 0.0667. The predicted molar refractivity (Wildman–Crippen MR) is 61.3 cm³/mol. The van der Waals surface area contributed by atoms with Crippen molar-refractivity contribution in [2.45, 2.75) is 32.4 Å². The third-order valence-electron chi connectivity index (χ3n) is 2.37. The molecule has 1 aromatic rings. The second-order valence-electron chi connectivity index (χ2n) is 3.69. The molecule has 0 aliphatic carbocycles. The zero-order valence-electron chi connectivity index (χ0n) is 9.85. The van der Waals surface area contributed by atoms with Gasteiger partial charge in [-0.1, -0.05) is 6.92 Å². The molecule has 1 aromatic heterocycles. The van der Waals surface area contributed by atoms with E-state index in [1.54, 1.807) is 24.1 Å². The van der Waals surface area contributed by atoms with Gasteiger partial charge in [-0.25, -0.2) is 0 Å². The molecule has 0 spiro atoms. The average Bonchev–Trinajstić information content (AvgIpc) is 2.73. The van der Waals surface area contributed by atoms with Crippen LogP contribution in [0.2, 0.25) is 0 Å². The van der Waals surface area contributed by atoms with Crippen LogP contribution in [-0.2, 0) is 11.3 Å². The molecule has 0 fully saturated rings. The van der Waals surface area contributed by atoms with Gasteiger partial charge >= 0.3 is 0 Å². The van der Waals surface area contributed by atoms with Crippen molar-refractivity contribution in [1.82, 2.24) is 9.78 Å². The molecule has 5 heteroatoms. The van der Waals surface area contributed by atoms with Crippen molar-refractivity contribution < 1.29 is 9.53 Å². The van der Waals surface area contributed by atoms with E-state index in [-0.39, 0.29) is 5.78 Å².